The molecule has 0 aromatic heterocycles. The van der Waals surface area contributed by atoms with Gasteiger partial charge in [-0.3, -0.25) is 9.24 Å². The molecule has 1 aliphatic heterocycles. The van der Waals surface area contributed by atoms with E-state index in [9.17, 15) is 4.57 Å². The third-order valence-electron chi connectivity index (χ3n) is 3.49. The highest BCUT2D eigenvalue weighted by Crippen LogP contribution is 2.59. The highest BCUT2D eigenvalue weighted by molar-refractivity contribution is 7.60. The molecule has 0 fully saturated rings. The lowest BCUT2D eigenvalue weighted by Crippen LogP contribution is -2.38. The summed E-state index contributed by atoms with van der Waals surface area (Å²) in [5.41, 5.74) is 2.39. The number of hydrogen-bond acceptors (Lipinski definition) is 1. The van der Waals surface area contributed by atoms with Gasteiger partial charge in [0.05, 0.1) is 0 Å². The van der Waals surface area contributed by atoms with Gasteiger partial charge in [0.25, 0.3) is 0 Å². The van der Waals surface area contributed by atoms with E-state index in [0.717, 1.165) is 12.1 Å². The van der Waals surface area contributed by atoms with Crippen LogP contribution >= 0.6 is 7.59 Å². The highest BCUT2D eigenvalue weighted by atomic mass is 31.2. The molecule has 0 bridgehead atoms. The molecule has 5 heteroatoms. The van der Waals surface area contributed by atoms with Crippen molar-refractivity contribution < 1.29 is 4.57 Å². The highest BCUT2D eigenvalue weighted by Gasteiger charge is 2.42. The maximum absolute atomic E-state index is 13.4. The van der Waals surface area contributed by atoms with Crippen LogP contribution in [0.1, 0.15) is 12.5 Å². The minimum atomic E-state index is -2.70. The van der Waals surface area contributed by atoms with Gasteiger partial charge in [0, 0.05) is 11.7 Å². The molecule has 1 aliphatic rings. The largest absolute Gasteiger partial charge is 0.310 e. The normalized spacial score (nSPS) is 19.7. The molecule has 0 amide bonds. The third kappa shape index (κ3) is 1.89. The van der Waals surface area contributed by atoms with Gasteiger partial charge in [-0.1, -0.05) is 18.2 Å². The number of benzene rings is 1. The summed E-state index contributed by atoms with van der Waals surface area (Å²) in [5.74, 6) is 0. The van der Waals surface area contributed by atoms with Gasteiger partial charge in [-0.25, -0.2) is 9.34 Å². The molecule has 4 nitrogen and oxygen atoms in total. The Labute approximate surface area is 110 Å². The van der Waals surface area contributed by atoms with E-state index in [-0.39, 0.29) is 6.04 Å². The first kappa shape index (κ1) is 13.6. The van der Waals surface area contributed by atoms with E-state index in [1.165, 1.54) is 5.56 Å². The van der Waals surface area contributed by atoms with Gasteiger partial charge in [-0.2, -0.15) is 0 Å². The molecule has 100 valence electrons. The third-order valence-corrected chi connectivity index (χ3v) is 6.75. The van der Waals surface area contributed by atoms with Crippen LogP contribution < -0.4 is 4.67 Å². The molecule has 0 saturated carbocycles. The van der Waals surface area contributed by atoms with Gasteiger partial charge in [-0.05, 0) is 53.2 Å². The summed E-state index contributed by atoms with van der Waals surface area (Å²) in [6.45, 7) is 2.14. The van der Waals surface area contributed by atoms with Crippen molar-refractivity contribution in [1.29, 1.82) is 0 Å². The van der Waals surface area contributed by atoms with E-state index >= 15 is 0 Å². The quantitative estimate of drug-likeness (QED) is 0.787. The molecule has 0 saturated heterocycles. The van der Waals surface area contributed by atoms with Crippen molar-refractivity contribution in [2.45, 2.75) is 19.4 Å². The second-order valence-electron chi connectivity index (χ2n) is 5.23. The number of para-hydroxylation sites is 1. The molecule has 0 aliphatic carbocycles. The van der Waals surface area contributed by atoms with Crippen LogP contribution in [0.25, 0.3) is 0 Å². The van der Waals surface area contributed by atoms with Crippen LogP contribution in [0.5, 0.6) is 0 Å². The van der Waals surface area contributed by atoms with Gasteiger partial charge in [0.15, 0.2) is 0 Å². The maximum atomic E-state index is 13.4. The van der Waals surface area contributed by atoms with Crippen LogP contribution in [0.4, 0.5) is 5.69 Å². The Morgan fingerprint density at radius 3 is 2.28 bits per heavy atom. The average molecular weight is 267 g/mol. The Kier molecular flexibility index (Phi) is 3.54. The SMILES string of the molecule is CC1Cc2ccccc2N1P(=O)(N(C)C)N(C)C. The first-order valence-electron chi connectivity index (χ1n) is 6.22. The van der Waals surface area contributed by atoms with E-state index < -0.39 is 7.59 Å². The summed E-state index contributed by atoms with van der Waals surface area (Å²) >= 11 is 0. The summed E-state index contributed by atoms with van der Waals surface area (Å²) in [5, 5.41) is 0. The second-order valence-corrected chi connectivity index (χ2v) is 8.29. The molecule has 1 aromatic carbocycles. The van der Waals surface area contributed by atoms with Crippen molar-refractivity contribution in [3.63, 3.8) is 0 Å². The molecule has 2 rings (SSSR count). The van der Waals surface area contributed by atoms with Crippen molar-refractivity contribution in [2.24, 2.45) is 0 Å². The van der Waals surface area contributed by atoms with Crippen molar-refractivity contribution >= 4 is 13.3 Å². The van der Waals surface area contributed by atoms with E-state index in [0.29, 0.717) is 0 Å². The first-order chi connectivity index (χ1) is 8.39. The molecule has 1 atom stereocenters. The van der Waals surface area contributed by atoms with Gasteiger partial charge in [0.2, 0.25) is 0 Å². The Morgan fingerprint density at radius 2 is 1.72 bits per heavy atom. The number of nitrogens with zero attached hydrogens (tertiary/aromatic N) is 3. The van der Waals surface area contributed by atoms with Crippen LogP contribution in [0.15, 0.2) is 24.3 Å². The molecule has 0 N–H and O–H groups in total. The number of rotatable bonds is 3. The fourth-order valence-corrected chi connectivity index (χ4v) is 5.25. The molecular weight excluding hydrogens is 245 g/mol. The Balaban J connectivity index is 2.53. The Bertz CT molecular complexity index is 475. The Morgan fingerprint density at radius 1 is 1.17 bits per heavy atom. The minimum absolute atomic E-state index is 0.262. The van der Waals surface area contributed by atoms with Crippen LogP contribution in [0.2, 0.25) is 0 Å². The summed E-state index contributed by atoms with van der Waals surface area (Å²) in [7, 11) is 4.83. The van der Waals surface area contributed by atoms with Crippen LogP contribution in [-0.4, -0.2) is 43.6 Å². The lowest BCUT2D eigenvalue weighted by Gasteiger charge is -2.41. The number of anilines is 1. The van der Waals surface area contributed by atoms with Gasteiger partial charge in [0.1, 0.15) is 0 Å². The smallest absolute Gasteiger partial charge is 0.296 e. The van der Waals surface area contributed by atoms with Crippen molar-refractivity contribution in [2.75, 3.05) is 32.9 Å². The average Bonchev–Trinajstić information content (AvgIpc) is 2.63. The minimum Gasteiger partial charge on any atom is -0.296 e. The summed E-state index contributed by atoms with van der Waals surface area (Å²) in [6, 6.07) is 8.52. The molecule has 1 unspecified atom stereocenters. The maximum Gasteiger partial charge on any atom is 0.310 e. The van der Waals surface area contributed by atoms with E-state index in [4.69, 9.17) is 0 Å². The van der Waals surface area contributed by atoms with E-state index in [2.05, 4.69) is 23.7 Å². The monoisotopic (exact) mass is 267 g/mol. The van der Waals surface area contributed by atoms with E-state index in [1.54, 1.807) is 0 Å². The number of fused-ring (bicyclic) bond motifs is 1. The summed E-state index contributed by atoms with van der Waals surface area (Å²) in [4.78, 5) is 0. The fraction of sp³-hybridized carbons (Fsp3) is 0.538. The van der Waals surface area contributed by atoms with Crippen LogP contribution in [-0.2, 0) is 11.0 Å². The zero-order valence-corrected chi connectivity index (χ0v) is 12.7. The van der Waals surface area contributed by atoms with Crippen molar-refractivity contribution in [3.8, 4) is 0 Å². The van der Waals surface area contributed by atoms with Crippen LogP contribution in [0, 0.1) is 0 Å². The molecule has 18 heavy (non-hydrogen) atoms. The van der Waals surface area contributed by atoms with E-state index in [1.807, 2.05) is 49.7 Å². The van der Waals surface area contributed by atoms with Gasteiger partial charge >= 0.3 is 7.59 Å². The predicted octanol–water partition coefficient (Wildman–Crippen LogP) is 2.67. The van der Waals surface area contributed by atoms with Gasteiger partial charge in [-0.15, -0.1) is 0 Å². The lowest BCUT2D eigenvalue weighted by atomic mass is 10.1. The first-order valence-corrected chi connectivity index (χ1v) is 7.78. The molecule has 0 radical (unpaired) electrons. The zero-order chi connectivity index (χ0) is 13.5. The van der Waals surface area contributed by atoms with Gasteiger partial charge < -0.3 is 0 Å². The second kappa shape index (κ2) is 4.69. The van der Waals surface area contributed by atoms with Crippen molar-refractivity contribution in [1.82, 2.24) is 9.34 Å². The van der Waals surface area contributed by atoms with Crippen molar-refractivity contribution in [3.05, 3.63) is 29.8 Å². The molecular formula is C13H22N3OP. The number of hydrogen-bond donors (Lipinski definition) is 0. The topological polar surface area (TPSA) is 26.8 Å². The Hall–Kier alpha value is -0.830. The fourth-order valence-electron chi connectivity index (χ4n) is 2.69. The molecule has 1 heterocycles. The standard InChI is InChI=1S/C13H22N3OP/c1-11-10-12-8-6-7-9-13(12)16(11)18(17,14(2)3)15(4)5/h6-9,11H,10H2,1-5H3. The molecule has 0 spiro atoms. The summed E-state index contributed by atoms with van der Waals surface area (Å²) < 4.78 is 19.1. The lowest BCUT2D eigenvalue weighted by molar-refractivity contribution is 0.438. The van der Waals surface area contributed by atoms with Crippen LogP contribution in [0.3, 0.4) is 0 Å². The molecule has 1 aromatic rings. The predicted molar refractivity (Wildman–Crippen MR) is 77.1 cm³/mol. The summed E-state index contributed by atoms with van der Waals surface area (Å²) in [6.07, 6.45) is 0.960. The zero-order valence-electron chi connectivity index (χ0n) is 11.8.